The summed E-state index contributed by atoms with van der Waals surface area (Å²) >= 11 is 0. The van der Waals surface area contributed by atoms with Gasteiger partial charge in [0.15, 0.2) is 11.5 Å². The first-order valence-electron chi connectivity index (χ1n) is 11.6. The molecule has 0 unspecified atom stereocenters. The second-order valence-corrected chi connectivity index (χ2v) is 8.59. The summed E-state index contributed by atoms with van der Waals surface area (Å²) < 4.78 is 11.1. The van der Waals surface area contributed by atoms with Crippen molar-refractivity contribution >= 4 is 22.7 Å². The van der Waals surface area contributed by atoms with Crippen LogP contribution in [0.4, 0.5) is 11.8 Å². The van der Waals surface area contributed by atoms with Crippen molar-refractivity contribution < 1.29 is 9.47 Å². The minimum atomic E-state index is 0.436. The molecule has 32 heavy (non-hydrogen) atoms. The predicted molar refractivity (Wildman–Crippen MR) is 131 cm³/mol. The van der Waals surface area contributed by atoms with Crippen molar-refractivity contribution in [1.29, 1.82) is 0 Å². The molecule has 1 aliphatic rings. The van der Waals surface area contributed by atoms with Crippen LogP contribution < -0.4 is 19.7 Å². The summed E-state index contributed by atoms with van der Waals surface area (Å²) in [6.45, 7) is 0.839. The van der Waals surface area contributed by atoms with Crippen molar-refractivity contribution in [2.24, 2.45) is 0 Å². The number of ether oxygens (including phenoxy) is 2. The van der Waals surface area contributed by atoms with Crippen molar-refractivity contribution in [1.82, 2.24) is 9.97 Å². The third-order valence-corrected chi connectivity index (χ3v) is 6.31. The number of nitrogens with one attached hydrogen (secondary N) is 1. The van der Waals surface area contributed by atoms with Crippen molar-refractivity contribution in [3.05, 3.63) is 48.0 Å². The monoisotopic (exact) mass is 434 g/mol. The number of aromatic nitrogens is 2. The summed E-state index contributed by atoms with van der Waals surface area (Å²) in [4.78, 5) is 12.0. The molecular formula is C26H34N4O2. The highest BCUT2D eigenvalue weighted by molar-refractivity contribution is 5.92. The maximum atomic E-state index is 5.56. The van der Waals surface area contributed by atoms with Crippen molar-refractivity contribution in [2.75, 3.05) is 38.0 Å². The molecule has 1 saturated carbocycles. The Morgan fingerprint density at radius 1 is 0.938 bits per heavy atom. The van der Waals surface area contributed by atoms with E-state index in [9.17, 15) is 0 Å². The summed E-state index contributed by atoms with van der Waals surface area (Å²) in [6.07, 6.45) is 8.47. The molecule has 1 heterocycles. The Labute approximate surface area is 191 Å². The summed E-state index contributed by atoms with van der Waals surface area (Å²) in [5.41, 5.74) is 2.17. The van der Waals surface area contributed by atoms with E-state index in [0.29, 0.717) is 17.5 Å². The number of nitrogens with zero attached hydrogens (tertiary/aromatic N) is 3. The fraction of sp³-hybridized carbons (Fsp3) is 0.462. The largest absolute Gasteiger partial charge is 0.493 e. The predicted octanol–water partition coefficient (Wildman–Crippen LogP) is 5.46. The molecule has 1 aliphatic carbocycles. The molecule has 0 saturated heterocycles. The van der Waals surface area contributed by atoms with Gasteiger partial charge in [-0.05, 0) is 30.9 Å². The first kappa shape index (κ1) is 22.2. The topological polar surface area (TPSA) is 59.5 Å². The van der Waals surface area contributed by atoms with Gasteiger partial charge in [0.1, 0.15) is 5.82 Å². The van der Waals surface area contributed by atoms with Gasteiger partial charge in [0.25, 0.3) is 0 Å². The summed E-state index contributed by atoms with van der Waals surface area (Å²) in [6, 6.07) is 14.9. The highest BCUT2D eigenvalue weighted by Gasteiger charge is 2.19. The third kappa shape index (κ3) is 5.23. The van der Waals surface area contributed by atoms with Crippen LogP contribution in [0, 0.1) is 0 Å². The van der Waals surface area contributed by atoms with E-state index in [1.165, 1.54) is 44.1 Å². The van der Waals surface area contributed by atoms with Crippen LogP contribution in [0.3, 0.4) is 0 Å². The zero-order valence-electron chi connectivity index (χ0n) is 19.4. The third-order valence-electron chi connectivity index (χ3n) is 6.31. The van der Waals surface area contributed by atoms with Gasteiger partial charge in [-0.3, -0.25) is 0 Å². The van der Waals surface area contributed by atoms with Crippen LogP contribution in [-0.4, -0.2) is 43.8 Å². The quantitative estimate of drug-likeness (QED) is 0.475. The SMILES string of the molecule is COc1cc2nc(N(C)CCc3ccccc3)nc(NC3CCCCCC3)c2cc1OC. The Morgan fingerprint density at radius 3 is 2.31 bits per heavy atom. The molecule has 6 heteroatoms. The molecule has 0 amide bonds. The molecule has 170 valence electrons. The number of methoxy groups -OCH3 is 2. The van der Waals surface area contributed by atoms with E-state index in [-0.39, 0.29) is 0 Å². The number of likely N-dealkylation sites (N-methyl/N-ethyl adjacent to an activating group) is 1. The molecule has 2 aromatic carbocycles. The highest BCUT2D eigenvalue weighted by atomic mass is 16.5. The average Bonchev–Trinajstić information content (AvgIpc) is 3.10. The lowest BCUT2D eigenvalue weighted by molar-refractivity contribution is 0.356. The van der Waals surface area contributed by atoms with Crippen LogP contribution in [0.15, 0.2) is 42.5 Å². The van der Waals surface area contributed by atoms with Gasteiger partial charge in [0.2, 0.25) is 5.95 Å². The van der Waals surface area contributed by atoms with E-state index in [0.717, 1.165) is 35.6 Å². The van der Waals surface area contributed by atoms with E-state index in [2.05, 4.69) is 41.5 Å². The van der Waals surface area contributed by atoms with Gasteiger partial charge in [-0.1, -0.05) is 56.0 Å². The molecule has 1 fully saturated rings. The fourth-order valence-corrected chi connectivity index (χ4v) is 4.38. The average molecular weight is 435 g/mol. The maximum Gasteiger partial charge on any atom is 0.227 e. The molecule has 1 N–H and O–H groups in total. The van der Waals surface area contributed by atoms with E-state index >= 15 is 0 Å². The van der Waals surface area contributed by atoms with Gasteiger partial charge in [-0.2, -0.15) is 4.98 Å². The lowest BCUT2D eigenvalue weighted by atomic mass is 10.1. The molecule has 6 nitrogen and oxygen atoms in total. The van der Waals surface area contributed by atoms with Crippen LogP contribution in [-0.2, 0) is 6.42 Å². The summed E-state index contributed by atoms with van der Waals surface area (Å²) in [5.74, 6) is 2.97. The minimum Gasteiger partial charge on any atom is -0.493 e. The minimum absolute atomic E-state index is 0.436. The number of benzene rings is 2. The molecule has 0 atom stereocenters. The summed E-state index contributed by atoms with van der Waals surface area (Å²) in [5, 5.41) is 4.71. The smallest absolute Gasteiger partial charge is 0.227 e. The van der Waals surface area contributed by atoms with Crippen LogP contribution in [0.2, 0.25) is 0 Å². The molecule has 0 radical (unpaired) electrons. The number of anilines is 2. The Kier molecular flexibility index (Phi) is 7.30. The first-order chi connectivity index (χ1) is 15.7. The van der Waals surface area contributed by atoms with E-state index in [4.69, 9.17) is 19.4 Å². The molecule has 0 spiro atoms. The van der Waals surface area contributed by atoms with E-state index < -0.39 is 0 Å². The van der Waals surface area contributed by atoms with Gasteiger partial charge >= 0.3 is 0 Å². The molecular weight excluding hydrogens is 400 g/mol. The maximum absolute atomic E-state index is 5.56. The lowest BCUT2D eigenvalue weighted by Gasteiger charge is -2.22. The van der Waals surface area contributed by atoms with Gasteiger partial charge in [-0.25, -0.2) is 4.98 Å². The first-order valence-corrected chi connectivity index (χ1v) is 11.6. The second-order valence-electron chi connectivity index (χ2n) is 8.59. The van der Waals surface area contributed by atoms with Crippen LogP contribution in [0.5, 0.6) is 11.5 Å². The fourth-order valence-electron chi connectivity index (χ4n) is 4.38. The number of hydrogen-bond acceptors (Lipinski definition) is 6. The van der Waals surface area contributed by atoms with Crippen LogP contribution in [0.1, 0.15) is 44.1 Å². The molecule has 1 aromatic heterocycles. The number of rotatable bonds is 8. The zero-order chi connectivity index (χ0) is 22.3. The Bertz CT molecular complexity index is 1020. The molecule has 4 rings (SSSR count). The van der Waals surface area contributed by atoms with Crippen LogP contribution >= 0.6 is 0 Å². The Hall–Kier alpha value is -3.02. The number of fused-ring (bicyclic) bond motifs is 1. The molecule has 0 bridgehead atoms. The van der Waals surface area contributed by atoms with E-state index in [1.54, 1.807) is 14.2 Å². The highest BCUT2D eigenvalue weighted by Crippen LogP contribution is 2.35. The number of hydrogen-bond donors (Lipinski definition) is 1. The Balaban J connectivity index is 1.67. The summed E-state index contributed by atoms with van der Waals surface area (Å²) in [7, 11) is 5.37. The lowest BCUT2D eigenvalue weighted by Crippen LogP contribution is -2.24. The van der Waals surface area contributed by atoms with Crippen molar-refractivity contribution in [3.63, 3.8) is 0 Å². The molecule has 0 aliphatic heterocycles. The standard InChI is InChI=1S/C26H34N4O2/c1-30(16-15-19-11-7-6-8-12-19)26-28-22-18-24(32-3)23(31-2)17-21(22)25(29-26)27-20-13-9-4-5-10-14-20/h6-8,11-12,17-18,20H,4-5,9-10,13-16H2,1-3H3,(H,27,28,29). The van der Waals surface area contributed by atoms with E-state index in [1.807, 2.05) is 18.2 Å². The van der Waals surface area contributed by atoms with Gasteiger partial charge in [0, 0.05) is 31.1 Å². The van der Waals surface area contributed by atoms with Gasteiger partial charge < -0.3 is 19.7 Å². The normalized spacial score (nSPS) is 14.7. The van der Waals surface area contributed by atoms with Crippen molar-refractivity contribution in [3.8, 4) is 11.5 Å². The van der Waals surface area contributed by atoms with Gasteiger partial charge in [0.05, 0.1) is 19.7 Å². The van der Waals surface area contributed by atoms with Gasteiger partial charge in [-0.15, -0.1) is 0 Å². The zero-order valence-corrected chi connectivity index (χ0v) is 19.4. The Morgan fingerprint density at radius 2 is 1.62 bits per heavy atom. The second kappa shape index (κ2) is 10.5. The van der Waals surface area contributed by atoms with Crippen LogP contribution in [0.25, 0.3) is 10.9 Å². The van der Waals surface area contributed by atoms with Crippen molar-refractivity contribution in [2.45, 2.75) is 51.0 Å². The molecule has 3 aromatic rings.